The number of likely N-dealkylation sites (N-methyl/N-ethyl adjacent to an activating group) is 1. The largest absolute Gasteiger partial charge is 0.348 e. The maximum atomic E-state index is 5.72. The van der Waals surface area contributed by atoms with E-state index >= 15 is 0 Å². The first-order valence-electron chi connectivity index (χ1n) is 5.93. The van der Waals surface area contributed by atoms with E-state index in [0.717, 1.165) is 49.9 Å². The molecule has 0 bridgehead atoms. The van der Waals surface area contributed by atoms with Crippen LogP contribution in [0.1, 0.15) is 25.7 Å². The highest BCUT2D eigenvalue weighted by Gasteiger charge is 2.40. The highest BCUT2D eigenvalue weighted by molar-refractivity contribution is 9.11. The van der Waals surface area contributed by atoms with Crippen LogP contribution in [0.15, 0.2) is 11.1 Å². The summed E-state index contributed by atoms with van der Waals surface area (Å²) in [5.74, 6) is -0.233. The number of nitrogens with zero attached hydrogens (tertiary/aromatic N) is 1. The second kappa shape index (κ2) is 5.17. The van der Waals surface area contributed by atoms with Gasteiger partial charge in [0.1, 0.15) is 0 Å². The molecule has 1 saturated carbocycles. The molecule has 0 aromatic rings. The first-order chi connectivity index (χ1) is 7.61. The summed E-state index contributed by atoms with van der Waals surface area (Å²) >= 11 is 3.42. The molecule has 4 heteroatoms. The number of hydrogen-bond acceptors (Lipinski definition) is 3. The fraction of sp³-hybridized carbons (Fsp3) is 0.833. The van der Waals surface area contributed by atoms with Crippen LogP contribution in [-0.4, -0.2) is 43.5 Å². The van der Waals surface area contributed by atoms with Crippen LogP contribution in [-0.2, 0) is 9.47 Å². The third-order valence-corrected chi connectivity index (χ3v) is 3.83. The average Bonchev–Trinajstić information content (AvgIpc) is 2.66. The predicted molar refractivity (Wildman–Crippen MR) is 67.6 cm³/mol. The van der Waals surface area contributed by atoms with Crippen molar-refractivity contribution in [1.29, 1.82) is 0 Å². The monoisotopic (exact) mass is 289 g/mol. The lowest BCUT2D eigenvalue weighted by Gasteiger charge is -2.39. The summed E-state index contributed by atoms with van der Waals surface area (Å²) in [4.78, 5) is 2.36. The topological polar surface area (TPSA) is 21.7 Å². The van der Waals surface area contributed by atoms with E-state index in [-0.39, 0.29) is 5.79 Å². The van der Waals surface area contributed by atoms with E-state index in [1.165, 1.54) is 0 Å². The Morgan fingerprint density at radius 1 is 1.38 bits per heavy atom. The fourth-order valence-corrected chi connectivity index (χ4v) is 3.06. The maximum Gasteiger partial charge on any atom is 0.168 e. The van der Waals surface area contributed by atoms with Gasteiger partial charge in [-0.1, -0.05) is 22.5 Å². The molecule has 0 radical (unpaired) electrons. The van der Waals surface area contributed by atoms with Gasteiger partial charge in [0.2, 0.25) is 0 Å². The first-order valence-corrected chi connectivity index (χ1v) is 6.72. The lowest BCUT2D eigenvalue weighted by Crippen LogP contribution is -2.43. The number of ether oxygens (including phenoxy) is 2. The minimum atomic E-state index is -0.233. The molecule has 0 unspecified atom stereocenters. The molecule has 0 aromatic heterocycles. The average molecular weight is 290 g/mol. The van der Waals surface area contributed by atoms with Crippen molar-refractivity contribution in [2.45, 2.75) is 37.5 Å². The zero-order valence-corrected chi connectivity index (χ0v) is 11.5. The zero-order valence-electron chi connectivity index (χ0n) is 9.88. The fourth-order valence-electron chi connectivity index (χ4n) is 2.67. The van der Waals surface area contributed by atoms with Crippen LogP contribution in [0.2, 0.25) is 0 Å². The van der Waals surface area contributed by atoms with Crippen molar-refractivity contribution in [1.82, 2.24) is 4.90 Å². The van der Waals surface area contributed by atoms with Crippen molar-refractivity contribution in [3.05, 3.63) is 11.1 Å². The Kier molecular flexibility index (Phi) is 4.06. The predicted octanol–water partition coefficient (Wildman–Crippen LogP) is 2.51. The Bertz CT molecular complexity index is 254. The van der Waals surface area contributed by atoms with Gasteiger partial charge >= 0.3 is 0 Å². The van der Waals surface area contributed by atoms with Gasteiger partial charge in [0.25, 0.3) is 0 Å². The van der Waals surface area contributed by atoms with Gasteiger partial charge in [0, 0.05) is 29.9 Å². The molecule has 0 N–H and O–H groups in total. The van der Waals surface area contributed by atoms with Gasteiger partial charge < -0.3 is 9.47 Å². The summed E-state index contributed by atoms with van der Waals surface area (Å²) in [6.45, 7) is 6.33. The maximum absolute atomic E-state index is 5.72. The highest BCUT2D eigenvalue weighted by atomic mass is 79.9. The minimum Gasteiger partial charge on any atom is -0.348 e. The van der Waals surface area contributed by atoms with Gasteiger partial charge in [-0.05, 0) is 19.9 Å². The van der Waals surface area contributed by atoms with E-state index in [9.17, 15) is 0 Å². The van der Waals surface area contributed by atoms with E-state index in [1.807, 2.05) is 0 Å². The minimum absolute atomic E-state index is 0.233. The second-order valence-electron chi connectivity index (χ2n) is 4.77. The zero-order chi connectivity index (χ0) is 11.6. The van der Waals surface area contributed by atoms with Crippen molar-refractivity contribution >= 4 is 15.9 Å². The Morgan fingerprint density at radius 2 is 1.94 bits per heavy atom. The molecular formula is C12H20BrNO2. The summed E-state index contributed by atoms with van der Waals surface area (Å²) in [7, 11) is 2.16. The van der Waals surface area contributed by atoms with Crippen LogP contribution in [0.3, 0.4) is 0 Å². The molecule has 1 aliphatic carbocycles. The van der Waals surface area contributed by atoms with Crippen LogP contribution in [0, 0.1) is 0 Å². The molecule has 92 valence electrons. The van der Waals surface area contributed by atoms with Gasteiger partial charge in [-0.3, -0.25) is 4.90 Å². The Labute approximate surface area is 106 Å². The third-order valence-electron chi connectivity index (χ3n) is 3.57. The SMILES string of the molecule is C=C(Br)CN(C)C1CCC2(CC1)OCCO2. The number of hydrogen-bond donors (Lipinski definition) is 0. The molecule has 2 rings (SSSR count). The lowest BCUT2D eigenvalue weighted by molar-refractivity contribution is -0.183. The van der Waals surface area contributed by atoms with Gasteiger partial charge in [-0.2, -0.15) is 0 Å². The Hall–Kier alpha value is 0.1000. The summed E-state index contributed by atoms with van der Waals surface area (Å²) in [5.41, 5.74) is 0. The highest BCUT2D eigenvalue weighted by Crippen LogP contribution is 2.37. The van der Waals surface area contributed by atoms with Crippen LogP contribution in [0.25, 0.3) is 0 Å². The van der Waals surface area contributed by atoms with E-state index in [1.54, 1.807) is 0 Å². The van der Waals surface area contributed by atoms with Crippen LogP contribution in [0.5, 0.6) is 0 Å². The summed E-state index contributed by atoms with van der Waals surface area (Å²) < 4.78 is 12.5. The van der Waals surface area contributed by atoms with Crippen molar-refractivity contribution in [2.75, 3.05) is 26.8 Å². The molecule has 3 nitrogen and oxygen atoms in total. The van der Waals surface area contributed by atoms with Crippen LogP contribution >= 0.6 is 15.9 Å². The van der Waals surface area contributed by atoms with E-state index in [0.29, 0.717) is 6.04 Å². The van der Waals surface area contributed by atoms with Gasteiger partial charge in [-0.15, -0.1) is 0 Å². The van der Waals surface area contributed by atoms with Crippen LogP contribution < -0.4 is 0 Å². The molecule has 1 spiro atoms. The van der Waals surface area contributed by atoms with Gasteiger partial charge in [0.15, 0.2) is 5.79 Å². The van der Waals surface area contributed by atoms with Crippen molar-refractivity contribution in [3.63, 3.8) is 0 Å². The molecular weight excluding hydrogens is 270 g/mol. The molecule has 1 saturated heterocycles. The molecule has 2 fully saturated rings. The van der Waals surface area contributed by atoms with Crippen molar-refractivity contribution < 1.29 is 9.47 Å². The molecule has 1 aliphatic heterocycles. The summed E-state index contributed by atoms with van der Waals surface area (Å²) in [6, 6.07) is 0.632. The quantitative estimate of drug-likeness (QED) is 0.797. The molecule has 0 aromatic carbocycles. The standard InChI is InChI=1S/C12H20BrNO2/c1-10(13)9-14(2)11-3-5-12(6-4-11)15-7-8-16-12/h11H,1,3-9H2,2H3. The van der Waals surface area contributed by atoms with Crippen LogP contribution in [0.4, 0.5) is 0 Å². The number of halogens is 1. The van der Waals surface area contributed by atoms with E-state index < -0.39 is 0 Å². The van der Waals surface area contributed by atoms with E-state index in [4.69, 9.17) is 9.47 Å². The Balaban J connectivity index is 1.82. The Morgan fingerprint density at radius 3 is 2.44 bits per heavy atom. The van der Waals surface area contributed by atoms with Gasteiger partial charge in [0.05, 0.1) is 13.2 Å². The molecule has 2 aliphatic rings. The number of rotatable bonds is 3. The van der Waals surface area contributed by atoms with Gasteiger partial charge in [-0.25, -0.2) is 0 Å². The summed E-state index contributed by atoms with van der Waals surface area (Å²) in [6.07, 6.45) is 4.35. The molecule has 0 amide bonds. The van der Waals surface area contributed by atoms with Crippen molar-refractivity contribution in [3.8, 4) is 0 Å². The molecule has 16 heavy (non-hydrogen) atoms. The smallest absolute Gasteiger partial charge is 0.168 e. The summed E-state index contributed by atoms with van der Waals surface area (Å²) in [5, 5.41) is 0. The van der Waals surface area contributed by atoms with E-state index in [2.05, 4.69) is 34.5 Å². The third kappa shape index (κ3) is 2.86. The first kappa shape index (κ1) is 12.6. The van der Waals surface area contributed by atoms with Crippen molar-refractivity contribution in [2.24, 2.45) is 0 Å². The second-order valence-corrected chi connectivity index (χ2v) is 5.89. The normalized spacial score (nSPS) is 25.4. The molecule has 0 atom stereocenters. The lowest BCUT2D eigenvalue weighted by atomic mass is 9.89. The molecule has 1 heterocycles.